The lowest BCUT2D eigenvalue weighted by atomic mass is 9.96. The molecule has 1 aliphatic carbocycles. The maximum absolute atomic E-state index is 10.8. The number of hydrogen-bond acceptors (Lipinski definition) is 2. The Balaban J connectivity index is 2.79. The molecule has 3 heteroatoms. The molecule has 1 unspecified atom stereocenters. The first-order valence-electron chi connectivity index (χ1n) is 4.21. The minimum Gasteiger partial charge on any atom is -0.481 e. The van der Waals surface area contributed by atoms with Gasteiger partial charge in [-0.25, -0.2) is 0 Å². The van der Waals surface area contributed by atoms with E-state index in [0.29, 0.717) is 6.42 Å². The van der Waals surface area contributed by atoms with E-state index in [2.05, 4.69) is 0 Å². The van der Waals surface area contributed by atoms with Crippen molar-refractivity contribution < 1.29 is 9.90 Å². The van der Waals surface area contributed by atoms with Gasteiger partial charge >= 0.3 is 5.97 Å². The number of carboxylic acid groups (broad SMARTS) is 1. The zero-order valence-corrected chi connectivity index (χ0v) is 7.31. The Hall–Kier alpha value is -1.35. The van der Waals surface area contributed by atoms with Crippen LogP contribution in [0.1, 0.15) is 6.42 Å². The fraction of sp³-hybridized carbons (Fsp3) is 0.300. The van der Waals surface area contributed by atoms with Crippen LogP contribution in [0.25, 0.3) is 0 Å². The third-order valence-electron chi connectivity index (χ3n) is 2.00. The molecule has 0 bridgehead atoms. The summed E-state index contributed by atoms with van der Waals surface area (Å²) in [6.07, 6.45) is 10.0. The van der Waals surface area contributed by atoms with Gasteiger partial charge in [-0.2, -0.15) is 0 Å². The quantitative estimate of drug-likeness (QED) is 0.681. The number of allylic oxidation sites excluding steroid dienone is 5. The highest BCUT2D eigenvalue weighted by Crippen LogP contribution is 2.17. The van der Waals surface area contributed by atoms with Gasteiger partial charge in [-0.05, 0) is 6.42 Å². The Morgan fingerprint density at radius 1 is 1.54 bits per heavy atom. The molecule has 3 nitrogen and oxygen atoms in total. The highest BCUT2D eigenvalue weighted by Gasteiger charge is 2.19. The Bertz CT molecular complexity index is 277. The van der Waals surface area contributed by atoms with Gasteiger partial charge in [0.25, 0.3) is 0 Å². The predicted molar refractivity (Wildman–Crippen MR) is 51.2 cm³/mol. The monoisotopic (exact) mass is 179 g/mol. The molecule has 70 valence electrons. The minimum atomic E-state index is -0.850. The van der Waals surface area contributed by atoms with Crippen molar-refractivity contribution in [3.8, 4) is 0 Å². The van der Waals surface area contributed by atoms with E-state index in [-0.39, 0.29) is 6.54 Å². The van der Waals surface area contributed by atoms with Crippen molar-refractivity contribution in [2.45, 2.75) is 6.42 Å². The normalized spacial score (nSPS) is 17.8. The lowest BCUT2D eigenvalue weighted by Crippen LogP contribution is -2.25. The molecule has 0 amide bonds. The third kappa shape index (κ3) is 2.56. The van der Waals surface area contributed by atoms with Gasteiger partial charge in [0.2, 0.25) is 0 Å². The summed E-state index contributed by atoms with van der Waals surface area (Å²) in [7, 11) is 0. The average molecular weight is 179 g/mol. The van der Waals surface area contributed by atoms with Crippen LogP contribution < -0.4 is 5.73 Å². The summed E-state index contributed by atoms with van der Waals surface area (Å²) in [4.78, 5) is 10.8. The Kier molecular flexibility index (Phi) is 3.46. The summed E-state index contributed by atoms with van der Waals surface area (Å²) in [5.74, 6) is -1.40. The fourth-order valence-corrected chi connectivity index (χ4v) is 1.26. The van der Waals surface area contributed by atoms with Crippen molar-refractivity contribution in [2.24, 2.45) is 11.7 Å². The summed E-state index contributed by atoms with van der Waals surface area (Å²) in [6, 6.07) is 0. The topological polar surface area (TPSA) is 63.3 Å². The van der Waals surface area contributed by atoms with E-state index in [1.807, 2.05) is 30.4 Å². The highest BCUT2D eigenvalue weighted by atomic mass is 16.4. The molecule has 13 heavy (non-hydrogen) atoms. The first kappa shape index (κ1) is 9.74. The number of rotatable bonds is 3. The average Bonchev–Trinajstić information content (AvgIpc) is 2.33. The number of nitrogens with two attached hydrogens (primary N) is 1. The first-order chi connectivity index (χ1) is 6.25. The summed E-state index contributed by atoms with van der Waals surface area (Å²) in [6.45, 7) is 0.156. The van der Waals surface area contributed by atoms with Crippen LogP contribution in [0.5, 0.6) is 0 Å². The standard InChI is InChI=1S/C10H13NO2/c11-7-9(10(12)13)8-5-3-1-2-4-6-8/h1-5,9H,6-7,11H2,(H,12,13). The molecule has 1 aliphatic rings. The Morgan fingerprint density at radius 2 is 2.31 bits per heavy atom. The second-order valence-corrected chi connectivity index (χ2v) is 2.89. The SMILES string of the molecule is NCC(C(=O)O)C1=CC=CC=CC1. The van der Waals surface area contributed by atoms with E-state index in [0.717, 1.165) is 5.57 Å². The van der Waals surface area contributed by atoms with Gasteiger partial charge in [0.05, 0.1) is 5.92 Å². The smallest absolute Gasteiger partial charge is 0.311 e. The van der Waals surface area contributed by atoms with Crippen molar-refractivity contribution in [1.29, 1.82) is 0 Å². The number of carbonyl (C=O) groups is 1. The maximum Gasteiger partial charge on any atom is 0.311 e. The Labute approximate surface area is 77.2 Å². The minimum absolute atomic E-state index is 0.156. The van der Waals surface area contributed by atoms with E-state index in [1.165, 1.54) is 0 Å². The zero-order valence-electron chi connectivity index (χ0n) is 7.31. The van der Waals surface area contributed by atoms with E-state index >= 15 is 0 Å². The molecule has 0 aromatic carbocycles. The number of hydrogen-bond donors (Lipinski definition) is 2. The van der Waals surface area contributed by atoms with E-state index in [4.69, 9.17) is 10.8 Å². The molecule has 0 aliphatic heterocycles. The molecule has 0 aromatic heterocycles. The lowest BCUT2D eigenvalue weighted by molar-refractivity contribution is -0.140. The van der Waals surface area contributed by atoms with Gasteiger partial charge in [0.15, 0.2) is 0 Å². The molecule has 1 rings (SSSR count). The molecule has 0 aromatic rings. The summed E-state index contributed by atoms with van der Waals surface area (Å²) < 4.78 is 0. The Morgan fingerprint density at radius 3 is 2.92 bits per heavy atom. The molecular weight excluding hydrogens is 166 g/mol. The molecule has 0 saturated heterocycles. The van der Waals surface area contributed by atoms with Crippen LogP contribution >= 0.6 is 0 Å². The van der Waals surface area contributed by atoms with Gasteiger partial charge in [0.1, 0.15) is 0 Å². The summed E-state index contributed by atoms with van der Waals surface area (Å²) >= 11 is 0. The fourth-order valence-electron chi connectivity index (χ4n) is 1.26. The van der Waals surface area contributed by atoms with Gasteiger partial charge in [0, 0.05) is 6.54 Å². The predicted octanol–water partition coefficient (Wildman–Crippen LogP) is 1.09. The second-order valence-electron chi connectivity index (χ2n) is 2.89. The molecule has 0 heterocycles. The van der Waals surface area contributed by atoms with Gasteiger partial charge in [-0.15, -0.1) is 0 Å². The van der Waals surface area contributed by atoms with E-state index < -0.39 is 11.9 Å². The van der Waals surface area contributed by atoms with E-state index in [1.54, 1.807) is 0 Å². The molecule has 0 spiro atoms. The van der Waals surface area contributed by atoms with Crippen LogP contribution in [0.2, 0.25) is 0 Å². The van der Waals surface area contributed by atoms with Gasteiger partial charge < -0.3 is 10.8 Å². The highest BCUT2D eigenvalue weighted by molar-refractivity contribution is 5.74. The van der Waals surface area contributed by atoms with Gasteiger partial charge in [-0.1, -0.05) is 36.0 Å². The van der Waals surface area contributed by atoms with Crippen molar-refractivity contribution in [3.63, 3.8) is 0 Å². The van der Waals surface area contributed by atoms with Crippen LogP contribution in [0.15, 0.2) is 36.0 Å². The largest absolute Gasteiger partial charge is 0.481 e. The number of carboxylic acids is 1. The van der Waals surface area contributed by atoms with Crippen LogP contribution in [-0.4, -0.2) is 17.6 Å². The first-order valence-corrected chi connectivity index (χ1v) is 4.21. The summed E-state index contributed by atoms with van der Waals surface area (Å²) in [5, 5.41) is 8.85. The van der Waals surface area contributed by atoms with Crippen molar-refractivity contribution in [1.82, 2.24) is 0 Å². The van der Waals surface area contributed by atoms with Crippen molar-refractivity contribution in [3.05, 3.63) is 36.0 Å². The molecule has 0 fully saturated rings. The maximum atomic E-state index is 10.8. The molecule has 0 saturated carbocycles. The van der Waals surface area contributed by atoms with Crippen LogP contribution in [0, 0.1) is 5.92 Å². The molecular formula is C10H13NO2. The molecule has 1 atom stereocenters. The zero-order chi connectivity index (χ0) is 9.68. The van der Waals surface area contributed by atoms with Crippen LogP contribution in [0.4, 0.5) is 0 Å². The number of aliphatic carboxylic acids is 1. The van der Waals surface area contributed by atoms with Crippen molar-refractivity contribution >= 4 is 5.97 Å². The molecule has 3 N–H and O–H groups in total. The second kappa shape index (κ2) is 4.62. The van der Waals surface area contributed by atoms with Crippen molar-refractivity contribution in [2.75, 3.05) is 6.54 Å². The van der Waals surface area contributed by atoms with E-state index in [9.17, 15) is 4.79 Å². The van der Waals surface area contributed by atoms with Gasteiger partial charge in [-0.3, -0.25) is 4.79 Å². The van der Waals surface area contributed by atoms with Crippen LogP contribution in [-0.2, 0) is 4.79 Å². The third-order valence-corrected chi connectivity index (χ3v) is 2.00. The summed E-state index contributed by atoms with van der Waals surface area (Å²) in [5.41, 5.74) is 6.25. The molecule has 0 radical (unpaired) electrons. The van der Waals surface area contributed by atoms with Crippen LogP contribution in [0.3, 0.4) is 0 Å². The lowest BCUT2D eigenvalue weighted by Gasteiger charge is -2.11.